The normalized spacial score (nSPS) is 14.0. The zero-order chi connectivity index (χ0) is 39.9. The Morgan fingerprint density at radius 3 is 1.58 bits per heavy atom. The van der Waals surface area contributed by atoms with Crippen molar-refractivity contribution in [3.05, 3.63) is 222 Å². The summed E-state index contributed by atoms with van der Waals surface area (Å²) in [6.07, 6.45) is 0. The molecule has 0 saturated carbocycles. The quantitative estimate of drug-likeness (QED) is 0.163. The van der Waals surface area contributed by atoms with E-state index in [4.69, 9.17) is 0 Å². The van der Waals surface area contributed by atoms with Gasteiger partial charge in [0.05, 0.1) is 11.4 Å². The van der Waals surface area contributed by atoms with E-state index in [0.717, 1.165) is 17.1 Å². The lowest BCUT2D eigenvalue weighted by atomic mass is 9.79. The van der Waals surface area contributed by atoms with Gasteiger partial charge >= 0.3 is 0 Å². The van der Waals surface area contributed by atoms with Crippen LogP contribution in [0.5, 0.6) is 0 Å². The van der Waals surface area contributed by atoms with Crippen molar-refractivity contribution in [3.63, 3.8) is 0 Å². The maximum Gasteiger partial charge on any atom is 0.0540 e. The average molecular weight is 756 g/mol. The molecule has 0 fully saturated rings. The molecular weight excluding hydrogens is 711 g/mol. The Morgan fingerprint density at radius 1 is 0.322 bits per heavy atom. The summed E-state index contributed by atoms with van der Waals surface area (Å²) in [5.74, 6) is 0. The summed E-state index contributed by atoms with van der Waals surface area (Å²) >= 11 is 0. The topological polar surface area (TPSA) is 3.24 Å². The number of anilines is 3. The Hall–Kier alpha value is -6.96. The van der Waals surface area contributed by atoms with Crippen LogP contribution in [0.25, 0.3) is 66.4 Å². The van der Waals surface area contributed by atoms with Crippen LogP contribution >= 0.6 is 0 Å². The molecule has 2 aliphatic carbocycles. The van der Waals surface area contributed by atoms with Crippen LogP contribution in [0.2, 0.25) is 0 Å². The highest BCUT2D eigenvalue weighted by Crippen LogP contribution is 2.54. The summed E-state index contributed by atoms with van der Waals surface area (Å²) in [5.41, 5.74) is 21.4. The lowest BCUT2D eigenvalue weighted by molar-refractivity contribution is 0.660. The van der Waals surface area contributed by atoms with E-state index in [2.05, 4.69) is 233 Å². The van der Waals surface area contributed by atoms with E-state index in [1.807, 2.05) is 0 Å². The van der Waals surface area contributed by atoms with E-state index >= 15 is 0 Å². The highest BCUT2D eigenvalue weighted by atomic mass is 15.1. The van der Waals surface area contributed by atoms with E-state index in [9.17, 15) is 0 Å². The first-order valence-corrected chi connectivity index (χ1v) is 20.9. The second kappa shape index (κ2) is 13.3. The van der Waals surface area contributed by atoms with Crippen molar-refractivity contribution in [1.29, 1.82) is 0 Å². The van der Waals surface area contributed by atoms with E-state index in [1.54, 1.807) is 0 Å². The molecule has 0 radical (unpaired) electrons. The van der Waals surface area contributed by atoms with Gasteiger partial charge in [-0.1, -0.05) is 198 Å². The van der Waals surface area contributed by atoms with Crippen molar-refractivity contribution in [1.82, 2.24) is 0 Å². The number of fused-ring (bicyclic) bond motifs is 7. The molecule has 9 aromatic rings. The van der Waals surface area contributed by atoms with Gasteiger partial charge in [0, 0.05) is 27.6 Å². The molecule has 0 bridgehead atoms. The fourth-order valence-corrected chi connectivity index (χ4v) is 10.4. The lowest BCUT2D eigenvalue weighted by Crippen LogP contribution is -2.16. The van der Waals surface area contributed by atoms with E-state index in [0.29, 0.717) is 0 Å². The molecule has 282 valence electrons. The van der Waals surface area contributed by atoms with Gasteiger partial charge in [-0.3, -0.25) is 0 Å². The molecule has 59 heavy (non-hydrogen) atoms. The highest BCUT2D eigenvalue weighted by molar-refractivity contribution is 6.02. The predicted octanol–water partition coefficient (Wildman–Crippen LogP) is 15.9. The first-order valence-electron chi connectivity index (χ1n) is 20.9. The van der Waals surface area contributed by atoms with Gasteiger partial charge in [-0.2, -0.15) is 0 Å². The first-order chi connectivity index (χ1) is 28.8. The molecule has 1 heteroatoms. The molecule has 0 unspecified atom stereocenters. The van der Waals surface area contributed by atoms with E-state index < -0.39 is 0 Å². The second-order valence-electron chi connectivity index (χ2n) is 17.3. The molecule has 0 N–H and O–H groups in total. The maximum absolute atomic E-state index is 2.48. The minimum atomic E-state index is -0.102. The molecule has 0 atom stereocenters. The number of hydrogen-bond acceptors (Lipinski definition) is 1. The molecule has 0 aliphatic heterocycles. The Balaban J connectivity index is 1.10. The maximum atomic E-state index is 2.48. The zero-order valence-corrected chi connectivity index (χ0v) is 34.0. The molecule has 0 saturated heterocycles. The Kier molecular flexibility index (Phi) is 7.94. The molecule has 2 aliphatic rings. The third-order valence-electron chi connectivity index (χ3n) is 13.3. The van der Waals surface area contributed by atoms with Gasteiger partial charge in [0.1, 0.15) is 0 Å². The number of nitrogens with zero attached hydrogens (tertiary/aromatic N) is 1. The summed E-state index contributed by atoms with van der Waals surface area (Å²) in [4.78, 5) is 2.48. The van der Waals surface area contributed by atoms with E-state index in [1.165, 1.54) is 88.7 Å². The van der Waals surface area contributed by atoms with Crippen molar-refractivity contribution in [2.24, 2.45) is 0 Å². The molecule has 9 aromatic carbocycles. The summed E-state index contributed by atoms with van der Waals surface area (Å²) in [6.45, 7) is 9.47. The Labute approximate surface area is 347 Å². The molecular formula is C58H45N. The van der Waals surface area contributed by atoms with Crippen LogP contribution in [-0.4, -0.2) is 0 Å². The van der Waals surface area contributed by atoms with Gasteiger partial charge in [-0.25, -0.2) is 0 Å². The molecule has 0 heterocycles. The standard InChI is InChI=1S/C58H45N/c1-57(2)51-27-11-7-21-46(51)48-36-33-40(37-53(48)57)43-20-9-13-29-54(43)59(55-30-14-10-23-49(55)45-25-15-18-38-17-5-6-19-42(38)45)41-34-31-39(32-35-41)44-24-16-26-50-47-22-8-12-28-52(47)58(3,4)56(44)50/h5-37H,1-4H3. The smallest absolute Gasteiger partial charge is 0.0540 e. The van der Waals surface area contributed by atoms with Gasteiger partial charge in [-0.15, -0.1) is 0 Å². The first kappa shape index (κ1) is 35.2. The third-order valence-corrected chi connectivity index (χ3v) is 13.3. The van der Waals surface area contributed by atoms with Gasteiger partial charge in [0.15, 0.2) is 0 Å². The van der Waals surface area contributed by atoms with Crippen LogP contribution in [0.4, 0.5) is 17.1 Å². The summed E-state index contributed by atoms with van der Waals surface area (Å²) < 4.78 is 0. The molecule has 0 amide bonds. The average Bonchev–Trinajstić information content (AvgIpc) is 3.66. The van der Waals surface area contributed by atoms with Gasteiger partial charge in [0.2, 0.25) is 0 Å². The van der Waals surface area contributed by atoms with Gasteiger partial charge in [-0.05, 0) is 108 Å². The van der Waals surface area contributed by atoms with Crippen LogP contribution in [0.15, 0.2) is 200 Å². The molecule has 0 aromatic heterocycles. The molecule has 0 spiro atoms. The summed E-state index contributed by atoms with van der Waals surface area (Å²) in [5, 5.41) is 2.48. The lowest BCUT2D eigenvalue weighted by Gasteiger charge is -2.31. The monoisotopic (exact) mass is 755 g/mol. The minimum Gasteiger partial charge on any atom is -0.309 e. The van der Waals surface area contributed by atoms with Crippen LogP contribution in [0.1, 0.15) is 49.9 Å². The van der Waals surface area contributed by atoms with Crippen molar-refractivity contribution < 1.29 is 0 Å². The van der Waals surface area contributed by atoms with Crippen LogP contribution in [0, 0.1) is 0 Å². The number of para-hydroxylation sites is 2. The predicted molar refractivity (Wildman–Crippen MR) is 250 cm³/mol. The van der Waals surface area contributed by atoms with Crippen LogP contribution in [0.3, 0.4) is 0 Å². The van der Waals surface area contributed by atoms with Gasteiger partial charge < -0.3 is 4.90 Å². The second-order valence-corrected chi connectivity index (χ2v) is 17.3. The molecule has 1 nitrogen and oxygen atoms in total. The fourth-order valence-electron chi connectivity index (χ4n) is 10.4. The summed E-state index contributed by atoms with van der Waals surface area (Å²) in [7, 11) is 0. The van der Waals surface area contributed by atoms with Crippen molar-refractivity contribution in [3.8, 4) is 55.6 Å². The fraction of sp³-hybridized carbons (Fsp3) is 0.103. The highest BCUT2D eigenvalue weighted by Gasteiger charge is 2.38. The largest absolute Gasteiger partial charge is 0.309 e. The third kappa shape index (κ3) is 5.38. The molecule has 11 rings (SSSR count). The minimum absolute atomic E-state index is 0.0963. The van der Waals surface area contributed by atoms with Gasteiger partial charge in [0.25, 0.3) is 0 Å². The van der Waals surface area contributed by atoms with Crippen molar-refractivity contribution in [2.45, 2.75) is 38.5 Å². The number of hydrogen-bond donors (Lipinski definition) is 0. The summed E-state index contributed by atoms with van der Waals surface area (Å²) in [6, 6.07) is 74.3. The van der Waals surface area contributed by atoms with Crippen LogP contribution < -0.4 is 4.90 Å². The Morgan fingerprint density at radius 2 is 0.814 bits per heavy atom. The van der Waals surface area contributed by atoms with Crippen LogP contribution in [-0.2, 0) is 10.8 Å². The number of benzene rings is 9. The number of rotatable bonds is 6. The van der Waals surface area contributed by atoms with E-state index in [-0.39, 0.29) is 10.8 Å². The SMILES string of the molecule is CC1(C)c2ccccc2-c2ccc(-c3ccccc3N(c3ccc(-c4cccc5c4C(C)(C)c4ccccc4-5)cc3)c3ccccc3-c3cccc4ccccc34)cc21. The Bertz CT molecular complexity index is 3100. The van der Waals surface area contributed by atoms with Crippen molar-refractivity contribution >= 4 is 27.8 Å². The zero-order valence-electron chi connectivity index (χ0n) is 34.0. The van der Waals surface area contributed by atoms with Crippen molar-refractivity contribution in [2.75, 3.05) is 4.90 Å².